The van der Waals surface area contributed by atoms with Crippen LogP contribution in [0.1, 0.15) is 25.3 Å². The Bertz CT molecular complexity index is 664. The van der Waals surface area contributed by atoms with Crippen LogP contribution >= 0.6 is 11.8 Å². The van der Waals surface area contributed by atoms with Crippen molar-refractivity contribution in [1.29, 1.82) is 0 Å². The minimum atomic E-state index is -0.148. The van der Waals surface area contributed by atoms with Gasteiger partial charge in [0.1, 0.15) is 6.33 Å². The first-order chi connectivity index (χ1) is 10.7. The van der Waals surface area contributed by atoms with Gasteiger partial charge in [0.05, 0.1) is 10.9 Å². The topological polar surface area (TPSA) is 51.0 Å². The number of benzene rings is 1. The number of rotatable bonds is 4. The van der Waals surface area contributed by atoms with E-state index in [-0.39, 0.29) is 11.2 Å². The molecule has 0 saturated carbocycles. The van der Waals surface area contributed by atoms with Crippen molar-refractivity contribution in [3.8, 4) is 5.69 Å². The molecule has 1 aromatic carbocycles. The van der Waals surface area contributed by atoms with Crippen LogP contribution in [0.5, 0.6) is 0 Å². The van der Waals surface area contributed by atoms with Crippen molar-refractivity contribution >= 4 is 17.7 Å². The number of aryl methyl sites for hydroxylation is 1. The highest BCUT2D eigenvalue weighted by atomic mass is 32.2. The van der Waals surface area contributed by atoms with E-state index in [1.54, 1.807) is 6.33 Å². The Balaban J connectivity index is 1.78. The van der Waals surface area contributed by atoms with Crippen molar-refractivity contribution in [2.75, 3.05) is 13.1 Å². The maximum Gasteiger partial charge on any atom is 0.235 e. The largest absolute Gasteiger partial charge is 0.342 e. The van der Waals surface area contributed by atoms with Crippen molar-refractivity contribution in [2.45, 2.75) is 37.1 Å². The van der Waals surface area contributed by atoms with E-state index < -0.39 is 0 Å². The lowest BCUT2D eigenvalue weighted by atomic mass is 10.2. The third-order valence-electron chi connectivity index (χ3n) is 3.94. The van der Waals surface area contributed by atoms with Crippen molar-refractivity contribution in [3.63, 3.8) is 0 Å². The van der Waals surface area contributed by atoms with Gasteiger partial charge in [-0.15, -0.1) is 10.2 Å². The number of carbonyl (C=O) groups excluding carboxylic acids is 1. The summed E-state index contributed by atoms with van der Waals surface area (Å²) < 4.78 is 1.95. The van der Waals surface area contributed by atoms with Crippen LogP contribution in [-0.4, -0.2) is 43.9 Å². The van der Waals surface area contributed by atoms with Crippen LogP contribution in [0.15, 0.2) is 35.7 Å². The Kier molecular flexibility index (Phi) is 4.47. The highest BCUT2D eigenvalue weighted by Crippen LogP contribution is 2.26. The number of hydrogen-bond acceptors (Lipinski definition) is 4. The summed E-state index contributed by atoms with van der Waals surface area (Å²) in [6.45, 7) is 5.77. The lowest BCUT2D eigenvalue weighted by Gasteiger charge is -2.19. The molecule has 1 amide bonds. The number of likely N-dealkylation sites (tertiary alicyclic amines) is 1. The van der Waals surface area contributed by atoms with E-state index in [1.165, 1.54) is 11.8 Å². The summed E-state index contributed by atoms with van der Waals surface area (Å²) in [7, 11) is 0. The molecule has 0 spiro atoms. The molecular formula is C16H20N4OS. The van der Waals surface area contributed by atoms with Gasteiger partial charge < -0.3 is 4.90 Å². The number of nitrogens with zero attached hydrogens (tertiary/aromatic N) is 4. The summed E-state index contributed by atoms with van der Waals surface area (Å²) in [5, 5.41) is 8.82. The number of amides is 1. The van der Waals surface area contributed by atoms with Gasteiger partial charge in [0.15, 0.2) is 5.16 Å². The second-order valence-electron chi connectivity index (χ2n) is 5.56. The summed E-state index contributed by atoms with van der Waals surface area (Å²) in [6, 6.07) is 8.10. The second kappa shape index (κ2) is 6.52. The maximum absolute atomic E-state index is 12.4. The molecule has 0 unspecified atom stereocenters. The molecule has 2 aromatic rings. The standard InChI is InChI=1S/C16H20N4OS/c1-12-7-3-4-8-14(12)20-11-17-18-16(20)22-13(2)15(21)19-9-5-6-10-19/h3-4,7-8,11,13H,5-6,9-10H2,1-2H3/t13-/m0/s1. The molecule has 6 heteroatoms. The lowest BCUT2D eigenvalue weighted by molar-refractivity contribution is -0.129. The van der Waals surface area contributed by atoms with Gasteiger partial charge in [-0.2, -0.15) is 0 Å². The van der Waals surface area contributed by atoms with Gasteiger partial charge in [-0.05, 0) is 38.3 Å². The Morgan fingerprint density at radius 2 is 2.00 bits per heavy atom. The SMILES string of the molecule is Cc1ccccc1-n1cnnc1S[C@@H](C)C(=O)N1CCCC1. The molecule has 2 heterocycles. The molecule has 1 fully saturated rings. The molecule has 0 bridgehead atoms. The molecule has 5 nitrogen and oxygen atoms in total. The van der Waals surface area contributed by atoms with Crippen LogP contribution in [0.25, 0.3) is 5.69 Å². The lowest BCUT2D eigenvalue weighted by Crippen LogP contribution is -2.34. The minimum Gasteiger partial charge on any atom is -0.342 e. The monoisotopic (exact) mass is 316 g/mol. The van der Waals surface area contributed by atoms with E-state index in [1.807, 2.05) is 34.6 Å². The van der Waals surface area contributed by atoms with Crippen LogP contribution in [0.3, 0.4) is 0 Å². The van der Waals surface area contributed by atoms with E-state index in [0.29, 0.717) is 0 Å². The van der Waals surface area contributed by atoms with Crippen molar-refractivity contribution < 1.29 is 4.79 Å². The van der Waals surface area contributed by atoms with Crippen LogP contribution in [-0.2, 0) is 4.79 Å². The third-order valence-corrected chi connectivity index (χ3v) is 4.98. The first-order valence-corrected chi connectivity index (χ1v) is 8.46. The van der Waals surface area contributed by atoms with E-state index in [2.05, 4.69) is 23.2 Å². The van der Waals surface area contributed by atoms with Gasteiger partial charge in [0.25, 0.3) is 0 Å². The molecule has 1 aromatic heterocycles. The summed E-state index contributed by atoms with van der Waals surface area (Å²) in [5.41, 5.74) is 2.21. The van der Waals surface area contributed by atoms with Gasteiger partial charge in [0.2, 0.25) is 5.91 Å². The van der Waals surface area contributed by atoms with Gasteiger partial charge in [0, 0.05) is 13.1 Å². The third kappa shape index (κ3) is 3.02. The normalized spacial score (nSPS) is 16.0. The number of aromatic nitrogens is 3. The Morgan fingerprint density at radius 3 is 2.73 bits per heavy atom. The average Bonchev–Trinajstić information content (AvgIpc) is 3.18. The van der Waals surface area contributed by atoms with Crippen LogP contribution in [0.4, 0.5) is 0 Å². The van der Waals surface area contributed by atoms with Crippen molar-refractivity contribution in [2.24, 2.45) is 0 Å². The van der Waals surface area contributed by atoms with E-state index in [4.69, 9.17) is 0 Å². The molecule has 116 valence electrons. The molecule has 1 saturated heterocycles. The minimum absolute atomic E-state index is 0.148. The zero-order chi connectivity index (χ0) is 15.5. The average molecular weight is 316 g/mol. The highest BCUT2D eigenvalue weighted by Gasteiger charge is 2.25. The molecule has 0 radical (unpaired) electrons. The summed E-state index contributed by atoms with van der Waals surface area (Å²) in [4.78, 5) is 14.4. The van der Waals surface area contributed by atoms with E-state index >= 15 is 0 Å². The quantitative estimate of drug-likeness (QED) is 0.814. The Labute approximate surface area is 134 Å². The number of para-hydroxylation sites is 1. The predicted octanol–water partition coefficient (Wildman–Crippen LogP) is 2.68. The van der Waals surface area contributed by atoms with Crippen LogP contribution in [0, 0.1) is 6.92 Å². The Hall–Kier alpha value is -1.82. The first kappa shape index (κ1) is 15.1. The van der Waals surface area contributed by atoms with Gasteiger partial charge in [-0.1, -0.05) is 30.0 Å². The fourth-order valence-electron chi connectivity index (χ4n) is 2.71. The number of hydrogen-bond donors (Lipinski definition) is 0. The molecular weight excluding hydrogens is 296 g/mol. The molecule has 3 rings (SSSR count). The second-order valence-corrected chi connectivity index (χ2v) is 6.87. The highest BCUT2D eigenvalue weighted by molar-refractivity contribution is 8.00. The summed E-state index contributed by atoms with van der Waals surface area (Å²) in [5.74, 6) is 0.196. The fraction of sp³-hybridized carbons (Fsp3) is 0.438. The number of carbonyl (C=O) groups is 1. The van der Waals surface area contributed by atoms with Gasteiger partial charge in [-0.25, -0.2) is 0 Å². The molecule has 0 aliphatic carbocycles. The molecule has 1 aliphatic heterocycles. The van der Waals surface area contributed by atoms with Crippen LogP contribution < -0.4 is 0 Å². The number of thioether (sulfide) groups is 1. The van der Waals surface area contributed by atoms with Crippen LogP contribution in [0.2, 0.25) is 0 Å². The molecule has 0 N–H and O–H groups in total. The van der Waals surface area contributed by atoms with E-state index in [0.717, 1.165) is 42.3 Å². The van der Waals surface area contributed by atoms with Gasteiger partial charge in [-0.3, -0.25) is 9.36 Å². The fourth-order valence-corrected chi connectivity index (χ4v) is 3.63. The zero-order valence-electron chi connectivity index (χ0n) is 12.9. The summed E-state index contributed by atoms with van der Waals surface area (Å²) >= 11 is 1.47. The zero-order valence-corrected chi connectivity index (χ0v) is 13.7. The maximum atomic E-state index is 12.4. The van der Waals surface area contributed by atoms with Crippen molar-refractivity contribution in [1.82, 2.24) is 19.7 Å². The first-order valence-electron chi connectivity index (χ1n) is 7.58. The Morgan fingerprint density at radius 1 is 1.27 bits per heavy atom. The molecule has 1 atom stereocenters. The van der Waals surface area contributed by atoms with Gasteiger partial charge >= 0.3 is 0 Å². The summed E-state index contributed by atoms with van der Waals surface area (Å²) in [6.07, 6.45) is 3.93. The molecule has 1 aliphatic rings. The smallest absolute Gasteiger partial charge is 0.235 e. The predicted molar refractivity (Wildman–Crippen MR) is 87.2 cm³/mol. The van der Waals surface area contributed by atoms with Crippen molar-refractivity contribution in [3.05, 3.63) is 36.2 Å². The van der Waals surface area contributed by atoms with E-state index in [9.17, 15) is 4.79 Å². The molecule has 22 heavy (non-hydrogen) atoms.